The van der Waals surface area contributed by atoms with Gasteiger partial charge in [-0.25, -0.2) is 0 Å². The Labute approximate surface area is 128 Å². The lowest BCUT2D eigenvalue weighted by Crippen LogP contribution is -2.20. The van der Waals surface area contributed by atoms with Gasteiger partial charge in [0.2, 0.25) is 0 Å². The largest absolute Gasteiger partial charge is 0.482 e. The molecular formula is C14H11ClF3NO3. The number of anilines is 1. The molecule has 1 N–H and O–H groups in total. The van der Waals surface area contributed by atoms with Crippen molar-refractivity contribution in [2.75, 3.05) is 11.9 Å². The van der Waals surface area contributed by atoms with Crippen LogP contribution in [0, 0.1) is 6.92 Å². The molecule has 1 aromatic heterocycles. The van der Waals surface area contributed by atoms with Crippen LogP contribution < -0.4 is 10.1 Å². The summed E-state index contributed by atoms with van der Waals surface area (Å²) in [5, 5.41) is 2.70. The predicted octanol–water partition coefficient (Wildman–Crippen LogP) is 4.43. The van der Waals surface area contributed by atoms with E-state index < -0.39 is 18.7 Å². The first-order chi connectivity index (χ1) is 10.3. The van der Waals surface area contributed by atoms with Crippen molar-refractivity contribution in [3.63, 3.8) is 0 Å². The highest BCUT2D eigenvalue weighted by molar-refractivity contribution is 6.31. The Kier molecular flexibility index (Phi) is 4.65. The van der Waals surface area contributed by atoms with E-state index in [1.165, 1.54) is 30.5 Å². The van der Waals surface area contributed by atoms with Crippen LogP contribution in [-0.4, -0.2) is 18.7 Å². The van der Waals surface area contributed by atoms with Crippen LogP contribution >= 0.6 is 11.6 Å². The van der Waals surface area contributed by atoms with Crippen molar-refractivity contribution < 1.29 is 27.1 Å². The number of hydrogen-bond acceptors (Lipinski definition) is 3. The van der Waals surface area contributed by atoms with Gasteiger partial charge in [-0.05, 0) is 31.2 Å². The summed E-state index contributed by atoms with van der Waals surface area (Å²) in [5.74, 6) is -0.279. The van der Waals surface area contributed by atoms with Crippen LogP contribution in [0.3, 0.4) is 0 Å². The molecule has 118 valence electrons. The van der Waals surface area contributed by atoms with Gasteiger partial charge in [-0.3, -0.25) is 4.79 Å². The minimum Gasteiger partial charge on any atom is -0.482 e. The Morgan fingerprint density at radius 3 is 2.68 bits per heavy atom. The molecule has 0 saturated carbocycles. The molecule has 0 aliphatic heterocycles. The molecule has 2 rings (SSSR count). The topological polar surface area (TPSA) is 51.5 Å². The van der Waals surface area contributed by atoms with Crippen LogP contribution in [0.4, 0.5) is 18.9 Å². The van der Waals surface area contributed by atoms with Gasteiger partial charge in [-0.1, -0.05) is 11.6 Å². The fourth-order valence-corrected chi connectivity index (χ4v) is 1.87. The van der Waals surface area contributed by atoms with Gasteiger partial charge in [0, 0.05) is 5.02 Å². The summed E-state index contributed by atoms with van der Waals surface area (Å²) in [4.78, 5) is 12.1. The van der Waals surface area contributed by atoms with E-state index in [9.17, 15) is 18.0 Å². The molecule has 1 heterocycles. The zero-order valence-corrected chi connectivity index (χ0v) is 12.1. The molecule has 0 atom stereocenters. The quantitative estimate of drug-likeness (QED) is 0.900. The third kappa shape index (κ3) is 4.17. The minimum atomic E-state index is -4.48. The minimum absolute atomic E-state index is 0.0438. The summed E-state index contributed by atoms with van der Waals surface area (Å²) >= 11 is 5.80. The lowest BCUT2D eigenvalue weighted by atomic mass is 10.2. The summed E-state index contributed by atoms with van der Waals surface area (Å²) in [5.41, 5.74) is 0.309. The number of hydrogen-bond donors (Lipinski definition) is 1. The maximum absolute atomic E-state index is 12.2. The van der Waals surface area contributed by atoms with Crippen LogP contribution in [0.25, 0.3) is 0 Å². The number of nitrogens with one attached hydrogen (secondary N) is 1. The van der Waals surface area contributed by atoms with Crippen molar-refractivity contribution in [2.24, 2.45) is 0 Å². The van der Waals surface area contributed by atoms with Gasteiger partial charge in [0.25, 0.3) is 5.91 Å². The van der Waals surface area contributed by atoms with E-state index in [0.717, 1.165) is 0 Å². The van der Waals surface area contributed by atoms with Crippen molar-refractivity contribution in [3.8, 4) is 5.75 Å². The standard InChI is InChI=1S/C14H11ClF3NO3/c1-8-10(4-5-21-8)13(20)19-11-6-9(15)2-3-12(11)22-7-14(16,17)18/h2-6H,7H2,1H3,(H,19,20). The fraction of sp³-hybridized carbons (Fsp3) is 0.214. The van der Waals surface area contributed by atoms with Crippen LogP contribution in [0.5, 0.6) is 5.75 Å². The average Bonchev–Trinajstić information content (AvgIpc) is 2.83. The monoisotopic (exact) mass is 333 g/mol. The van der Waals surface area contributed by atoms with Crippen molar-refractivity contribution in [1.29, 1.82) is 0 Å². The number of carbonyl (C=O) groups is 1. The number of benzene rings is 1. The maximum atomic E-state index is 12.2. The van der Waals surface area contributed by atoms with Crippen molar-refractivity contribution in [3.05, 3.63) is 46.9 Å². The van der Waals surface area contributed by atoms with Crippen molar-refractivity contribution in [1.82, 2.24) is 0 Å². The lowest BCUT2D eigenvalue weighted by Gasteiger charge is -2.14. The second-order valence-electron chi connectivity index (χ2n) is 4.39. The van der Waals surface area contributed by atoms with E-state index in [4.69, 9.17) is 16.0 Å². The molecule has 0 radical (unpaired) electrons. The molecule has 22 heavy (non-hydrogen) atoms. The third-order valence-corrected chi connectivity index (χ3v) is 2.92. The zero-order valence-electron chi connectivity index (χ0n) is 11.3. The molecule has 0 unspecified atom stereocenters. The Bertz CT molecular complexity index is 682. The number of carbonyl (C=O) groups excluding carboxylic acids is 1. The predicted molar refractivity (Wildman–Crippen MR) is 74.4 cm³/mol. The van der Waals surface area contributed by atoms with Gasteiger partial charge in [-0.15, -0.1) is 0 Å². The van der Waals surface area contributed by atoms with Crippen LogP contribution in [0.2, 0.25) is 5.02 Å². The third-order valence-electron chi connectivity index (χ3n) is 2.68. The smallest absolute Gasteiger partial charge is 0.422 e. The molecule has 0 saturated heterocycles. The van der Waals surface area contributed by atoms with Gasteiger partial charge in [0.05, 0.1) is 17.5 Å². The number of rotatable bonds is 4. The number of furan rings is 1. The highest BCUT2D eigenvalue weighted by Gasteiger charge is 2.29. The molecule has 4 nitrogen and oxygen atoms in total. The van der Waals surface area contributed by atoms with E-state index in [1.54, 1.807) is 6.92 Å². The number of ether oxygens (including phenoxy) is 1. The maximum Gasteiger partial charge on any atom is 0.422 e. The number of amides is 1. The molecule has 0 aliphatic carbocycles. The molecule has 8 heteroatoms. The Hall–Kier alpha value is -2.15. The van der Waals surface area contributed by atoms with Gasteiger partial charge < -0.3 is 14.5 Å². The first-order valence-electron chi connectivity index (χ1n) is 6.11. The Morgan fingerprint density at radius 2 is 2.09 bits per heavy atom. The molecule has 0 spiro atoms. The molecule has 1 aromatic carbocycles. The SMILES string of the molecule is Cc1occc1C(=O)Nc1cc(Cl)ccc1OCC(F)(F)F. The Balaban J connectivity index is 2.20. The summed E-state index contributed by atoms with van der Waals surface area (Å²) < 4.78 is 46.4. The van der Waals surface area contributed by atoms with E-state index in [1.807, 2.05) is 0 Å². The molecule has 1 amide bonds. The normalized spacial score (nSPS) is 11.3. The van der Waals surface area contributed by atoms with Gasteiger partial charge >= 0.3 is 6.18 Å². The van der Waals surface area contributed by atoms with Crippen molar-refractivity contribution >= 4 is 23.2 Å². The van der Waals surface area contributed by atoms with E-state index in [2.05, 4.69) is 10.1 Å². The molecule has 0 aliphatic rings. The molecular weight excluding hydrogens is 323 g/mol. The second-order valence-corrected chi connectivity index (χ2v) is 4.83. The van der Waals surface area contributed by atoms with Gasteiger partial charge in [-0.2, -0.15) is 13.2 Å². The lowest BCUT2D eigenvalue weighted by molar-refractivity contribution is -0.153. The summed E-state index contributed by atoms with van der Waals surface area (Å²) in [6.45, 7) is 0.121. The summed E-state index contributed by atoms with van der Waals surface area (Å²) in [6.07, 6.45) is -3.15. The summed E-state index contributed by atoms with van der Waals surface area (Å²) in [7, 11) is 0. The average molecular weight is 334 g/mol. The summed E-state index contributed by atoms with van der Waals surface area (Å²) in [6, 6.07) is 5.38. The zero-order chi connectivity index (χ0) is 16.3. The van der Waals surface area contributed by atoms with E-state index in [0.29, 0.717) is 5.76 Å². The fourth-order valence-electron chi connectivity index (χ4n) is 1.70. The second kappa shape index (κ2) is 6.31. The Morgan fingerprint density at radius 1 is 1.36 bits per heavy atom. The number of aryl methyl sites for hydroxylation is 1. The van der Waals surface area contributed by atoms with Gasteiger partial charge in [0.1, 0.15) is 11.5 Å². The highest BCUT2D eigenvalue weighted by atomic mass is 35.5. The number of halogens is 4. The van der Waals surface area contributed by atoms with E-state index in [-0.39, 0.29) is 22.0 Å². The highest BCUT2D eigenvalue weighted by Crippen LogP contribution is 2.30. The molecule has 0 bridgehead atoms. The van der Waals surface area contributed by atoms with Crippen molar-refractivity contribution in [2.45, 2.75) is 13.1 Å². The van der Waals surface area contributed by atoms with Crippen LogP contribution in [-0.2, 0) is 0 Å². The van der Waals surface area contributed by atoms with Crippen LogP contribution in [0.15, 0.2) is 34.9 Å². The number of alkyl halides is 3. The molecule has 0 fully saturated rings. The molecule has 2 aromatic rings. The first kappa shape index (κ1) is 16.2. The van der Waals surface area contributed by atoms with E-state index >= 15 is 0 Å². The van der Waals surface area contributed by atoms with Crippen LogP contribution in [0.1, 0.15) is 16.1 Å². The van der Waals surface area contributed by atoms with Gasteiger partial charge in [0.15, 0.2) is 6.61 Å². The first-order valence-corrected chi connectivity index (χ1v) is 6.48.